The van der Waals surface area contributed by atoms with Gasteiger partial charge in [0, 0.05) is 13.1 Å². The lowest BCUT2D eigenvalue weighted by Gasteiger charge is -2.61. The van der Waals surface area contributed by atoms with Gasteiger partial charge in [0.2, 0.25) is 0 Å². The molecule has 0 bridgehead atoms. The van der Waals surface area contributed by atoms with Crippen molar-refractivity contribution in [1.82, 2.24) is 10.2 Å². The number of nitrogens with two attached hydrogens (primary N) is 2. The Labute approximate surface area is 271 Å². The molecule has 6 nitrogen and oxygen atoms in total. The highest BCUT2D eigenvalue weighted by Gasteiger charge is 2.60. The number of nitrogens with one attached hydrogen (secondary N) is 1. The first-order valence-electron chi connectivity index (χ1n) is 19.2. The summed E-state index contributed by atoms with van der Waals surface area (Å²) in [5.41, 5.74) is 12.4. The summed E-state index contributed by atoms with van der Waals surface area (Å²) in [6, 6.07) is 0. The smallest absolute Gasteiger partial charge is 0.410 e. The Balaban J connectivity index is 1.29. The lowest BCUT2D eigenvalue weighted by Crippen LogP contribution is -2.54. The van der Waals surface area contributed by atoms with Gasteiger partial charge in [-0.3, -0.25) is 0 Å². The Kier molecular flexibility index (Phi) is 13.8. The first-order chi connectivity index (χ1) is 21.1. The number of hydrogen-bond acceptors (Lipinski definition) is 5. The van der Waals surface area contributed by atoms with Gasteiger partial charge in [0.15, 0.2) is 0 Å². The fraction of sp³-hybridized carbons (Fsp3) is 0.974. The van der Waals surface area contributed by atoms with Gasteiger partial charge in [0.1, 0.15) is 6.10 Å². The highest BCUT2D eigenvalue weighted by molar-refractivity contribution is 5.67. The summed E-state index contributed by atoms with van der Waals surface area (Å²) in [7, 11) is 0. The zero-order chi connectivity index (χ0) is 31.7. The van der Waals surface area contributed by atoms with Crippen LogP contribution in [0.15, 0.2) is 0 Å². The van der Waals surface area contributed by atoms with Crippen molar-refractivity contribution in [2.45, 2.75) is 143 Å². The van der Waals surface area contributed by atoms with E-state index in [9.17, 15) is 4.79 Å². The Bertz CT molecular complexity index is 868. The van der Waals surface area contributed by atoms with E-state index in [0.29, 0.717) is 29.8 Å². The van der Waals surface area contributed by atoms with E-state index in [2.05, 4.69) is 39.9 Å². The molecule has 4 fully saturated rings. The quantitative estimate of drug-likeness (QED) is 0.144. The van der Waals surface area contributed by atoms with Gasteiger partial charge in [0.25, 0.3) is 0 Å². The van der Waals surface area contributed by atoms with Crippen LogP contribution >= 0.6 is 0 Å². The molecule has 256 valence electrons. The molecule has 0 aromatic heterocycles. The number of rotatable bonds is 17. The third-order valence-corrected chi connectivity index (χ3v) is 13.6. The molecular formula is C38H72N4O2. The monoisotopic (exact) mass is 617 g/mol. The van der Waals surface area contributed by atoms with Crippen molar-refractivity contribution in [3.8, 4) is 0 Å². The van der Waals surface area contributed by atoms with Gasteiger partial charge in [-0.15, -0.1) is 0 Å². The first-order valence-corrected chi connectivity index (χ1v) is 19.2. The largest absolute Gasteiger partial charge is 0.446 e. The van der Waals surface area contributed by atoms with Gasteiger partial charge >= 0.3 is 6.09 Å². The molecule has 0 heterocycles. The number of hydrogen-bond donors (Lipinski definition) is 3. The number of amides is 1. The van der Waals surface area contributed by atoms with Crippen LogP contribution in [0.3, 0.4) is 0 Å². The van der Waals surface area contributed by atoms with Crippen LogP contribution in [0, 0.1) is 52.3 Å². The lowest BCUT2D eigenvalue weighted by molar-refractivity contribution is -0.130. The molecule has 0 aromatic carbocycles. The lowest BCUT2D eigenvalue weighted by atomic mass is 9.44. The van der Waals surface area contributed by atoms with Gasteiger partial charge in [-0.25, -0.2) is 4.79 Å². The van der Waals surface area contributed by atoms with Gasteiger partial charge in [-0.2, -0.15) is 0 Å². The van der Waals surface area contributed by atoms with Crippen LogP contribution in [0.4, 0.5) is 4.79 Å². The molecule has 0 saturated heterocycles. The molecule has 0 aromatic rings. The van der Waals surface area contributed by atoms with Gasteiger partial charge < -0.3 is 26.4 Å². The molecule has 1 amide bonds. The van der Waals surface area contributed by atoms with E-state index in [1.165, 1.54) is 64.2 Å². The molecule has 9 atom stereocenters. The summed E-state index contributed by atoms with van der Waals surface area (Å²) < 4.78 is 6.28. The van der Waals surface area contributed by atoms with Crippen molar-refractivity contribution in [2.75, 3.05) is 39.3 Å². The number of fused-ring (bicyclic) bond motifs is 5. The van der Waals surface area contributed by atoms with Gasteiger partial charge in [0.05, 0.1) is 0 Å². The highest BCUT2D eigenvalue weighted by Crippen LogP contribution is 2.68. The average molecular weight is 617 g/mol. The maximum atomic E-state index is 13.4. The summed E-state index contributed by atoms with van der Waals surface area (Å²) in [6.07, 6.45) is 20.0. The standard InChI is InChI=1S/C38H72N4O2/c1-28(2)11-8-12-29(3)33-15-16-34-32-14-13-30-27-31(17-19-37(30,4)35(32)18-20-38(33,34)5)44-36(43)42(26-10-22-40)25-7-6-23-41-24-9-21-39/h28-35,41H,6-27,39-40H2,1-5H3/t29-,30?,31?,32?,33?,34+,35+,37+,38-/m1/s1. The second kappa shape index (κ2) is 16.8. The third-order valence-electron chi connectivity index (χ3n) is 13.6. The molecule has 0 spiro atoms. The Morgan fingerprint density at radius 2 is 1.52 bits per heavy atom. The summed E-state index contributed by atoms with van der Waals surface area (Å²) in [4.78, 5) is 15.3. The topological polar surface area (TPSA) is 93.6 Å². The predicted octanol–water partition coefficient (Wildman–Crippen LogP) is 7.98. The van der Waals surface area contributed by atoms with Crippen molar-refractivity contribution in [1.29, 1.82) is 0 Å². The molecule has 44 heavy (non-hydrogen) atoms. The summed E-state index contributed by atoms with van der Waals surface area (Å²) in [5, 5.41) is 3.44. The molecule has 4 unspecified atom stereocenters. The van der Waals surface area contributed by atoms with Crippen LogP contribution in [0.1, 0.15) is 137 Å². The molecule has 4 saturated carbocycles. The fourth-order valence-corrected chi connectivity index (χ4v) is 11.0. The molecule has 6 heteroatoms. The second-order valence-electron chi connectivity index (χ2n) is 16.7. The van der Waals surface area contributed by atoms with Crippen molar-refractivity contribution in [2.24, 2.45) is 63.7 Å². The minimum atomic E-state index is -0.107. The van der Waals surface area contributed by atoms with E-state index in [-0.39, 0.29) is 12.2 Å². The Hall–Kier alpha value is -0.850. The minimum absolute atomic E-state index is 0.0758. The van der Waals surface area contributed by atoms with Crippen molar-refractivity contribution >= 4 is 6.09 Å². The Morgan fingerprint density at radius 3 is 2.27 bits per heavy atom. The summed E-state index contributed by atoms with van der Waals surface area (Å²) in [6.45, 7) is 17.4. The number of unbranched alkanes of at least 4 members (excludes halogenated alkanes) is 1. The van der Waals surface area contributed by atoms with Gasteiger partial charge in [-0.05, 0) is 162 Å². The average Bonchev–Trinajstić information content (AvgIpc) is 3.35. The zero-order valence-corrected chi connectivity index (χ0v) is 29.6. The fourth-order valence-electron chi connectivity index (χ4n) is 11.0. The molecule has 4 aliphatic carbocycles. The highest BCUT2D eigenvalue weighted by atomic mass is 16.6. The summed E-state index contributed by atoms with van der Waals surface area (Å²) >= 11 is 0. The maximum absolute atomic E-state index is 13.4. The minimum Gasteiger partial charge on any atom is -0.446 e. The third kappa shape index (κ3) is 8.54. The van der Waals surface area contributed by atoms with E-state index in [4.69, 9.17) is 16.2 Å². The second-order valence-corrected chi connectivity index (χ2v) is 16.7. The summed E-state index contributed by atoms with van der Waals surface area (Å²) in [5.74, 6) is 6.04. The van der Waals surface area contributed by atoms with Crippen LogP contribution in [-0.2, 0) is 4.74 Å². The molecule has 5 N–H and O–H groups in total. The number of ether oxygens (including phenoxy) is 1. The number of carbonyl (C=O) groups is 1. The van der Waals surface area contributed by atoms with Gasteiger partial charge in [-0.1, -0.05) is 53.9 Å². The number of nitrogens with zero attached hydrogens (tertiary/aromatic N) is 1. The van der Waals surface area contributed by atoms with Crippen LogP contribution in [0.25, 0.3) is 0 Å². The molecule has 4 aliphatic rings. The van der Waals surface area contributed by atoms with Crippen molar-refractivity contribution in [3.05, 3.63) is 0 Å². The normalized spacial score (nSPS) is 35.5. The van der Waals surface area contributed by atoms with E-state index in [0.717, 1.165) is 100 Å². The van der Waals surface area contributed by atoms with E-state index >= 15 is 0 Å². The zero-order valence-electron chi connectivity index (χ0n) is 29.6. The van der Waals surface area contributed by atoms with Crippen LogP contribution in [-0.4, -0.2) is 56.4 Å². The van der Waals surface area contributed by atoms with Crippen LogP contribution in [0.5, 0.6) is 0 Å². The first kappa shape index (κ1) is 36.0. The molecular weight excluding hydrogens is 544 g/mol. The molecule has 0 radical (unpaired) electrons. The Morgan fingerprint density at radius 1 is 0.818 bits per heavy atom. The maximum Gasteiger partial charge on any atom is 0.410 e. The van der Waals surface area contributed by atoms with Crippen LogP contribution < -0.4 is 16.8 Å². The van der Waals surface area contributed by atoms with E-state index in [1.807, 2.05) is 4.90 Å². The van der Waals surface area contributed by atoms with Crippen LogP contribution in [0.2, 0.25) is 0 Å². The number of carbonyl (C=O) groups excluding carboxylic acids is 1. The molecule has 0 aliphatic heterocycles. The molecule has 4 rings (SSSR count). The van der Waals surface area contributed by atoms with E-state index < -0.39 is 0 Å². The van der Waals surface area contributed by atoms with Crippen molar-refractivity contribution in [3.63, 3.8) is 0 Å². The van der Waals surface area contributed by atoms with Crippen molar-refractivity contribution < 1.29 is 9.53 Å². The SMILES string of the molecule is CC(C)CCC[C@@H](C)C1CC[C@H]2C3CCC4CC(OC(=O)N(CCCN)CCCCNCCCN)CC[C@]4(C)[C@H]3CC[C@]12C. The van der Waals surface area contributed by atoms with E-state index in [1.54, 1.807) is 0 Å². The predicted molar refractivity (Wildman–Crippen MR) is 184 cm³/mol.